The standard InChI is InChI=1S/C14H18N2O4/c1-20-12(14(18)19)8-16-13(17)11-7-15-6-9-4-2-3-5-10(9)11/h2-5,11-12,15H,6-8H2,1H3,(H,16,17)(H,18,19). The van der Waals surface area contributed by atoms with Crippen molar-refractivity contribution >= 4 is 11.9 Å². The molecular weight excluding hydrogens is 260 g/mol. The lowest BCUT2D eigenvalue weighted by Crippen LogP contribution is -2.43. The maximum absolute atomic E-state index is 12.2. The van der Waals surface area contributed by atoms with Gasteiger partial charge in [0.05, 0.1) is 12.5 Å². The Balaban J connectivity index is 2.02. The molecule has 1 aliphatic rings. The van der Waals surface area contributed by atoms with Crippen LogP contribution in [0.25, 0.3) is 0 Å². The summed E-state index contributed by atoms with van der Waals surface area (Å²) in [5.74, 6) is -1.57. The van der Waals surface area contributed by atoms with Crippen molar-refractivity contribution in [3.63, 3.8) is 0 Å². The van der Waals surface area contributed by atoms with E-state index in [1.54, 1.807) is 0 Å². The number of carbonyl (C=O) groups is 2. The molecule has 0 saturated heterocycles. The number of ether oxygens (including phenoxy) is 1. The number of hydrogen-bond acceptors (Lipinski definition) is 4. The predicted octanol–water partition coefficient (Wildman–Crippen LogP) is 0.0892. The van der Waals surface area contributed by atoms with Gasteiger partial charge in [-0.2, -0.15) is 0 Å². The molecule has 2 atom stereocenters. The zero-order chi connectivity index (χ0) is 14.5. The Morgan fingerprint density at radius 3 is 2.95 bits per heavy atom. The Bertz CT molecular complexity index is 504. The summed E-state index contributed by atoms with van der Waals surface area (Å²) in [7, 11) is 1.31. The van der Waals surface area contributed by atoms with Gasteiger partial charge in [-0.15, -0.1) is 0 Å². The van der Waals surface area contributed by atoms with E-state index in [0.29, 0.717) is 6.54 Å². The lowest BCUT2D eigenvalue weighted by atomic mass is 9.90. The minimum absolute atomic E-state index is 0.0384. The van der Waals surface area contributed by atoms with Gasteiger partial charge < -0.3 is 20.5 Å². The van der Waals surface area contributed by atoms with E-state index in [1.165, 1.54) is 7.11 Å². The second kappa shape index (κ2) is 6.49. The van der Waals surface area contributed by atoms with Crippen LogP contribution >= 0.6 is 0 Å². The molecule has 2 rings (SSSR count). The molecule has 1 aromatic rings. The summed E-state index contributed by atoms with van der Waals surface area (Å²) in [6.07, 6.45) is -1.02. The average Bonchev–Trinajstić information content (AvgIpc) is 2.46. The SMILES string of the molecule is COC(CNC(=O)C1CNCc2ccccc21)C(=O)O. The lowest BCUT2D eigenvalue weighted by molar-refractivity contribution is -0.148. The van der Waals surface area contributed by atoms with Crippen molar-refractivity contribution in [1.82, 2.24) is 10.6 Å². The average molecular weight is 278 g/mol. The van der Waals surface area contributed by atoms with Crippen LogP contribution < -0.4 is 10.6 Å². The fraction of sp³-hybridized carbons (Fsp3) is 0.429. The van der Waals surface area contributed by atoms with Crippen LogP contribution in [0.2, 0.25) is 0 Å². The van der Waals surface area contributed by atoms with Gasteiger partial charge in [0.25, 0.3) is 0 Å². The molecule has 3 N–H and O–H groups in total. The van der Waals surface area contributed by atoms with Crippen molar-refractivity contribution in [3.8, 4) is 0 Å². The zero-order valence-electron chi connectivity index (χ0n) is 11.3. The number of fused-ring (bicyclic) bond motifs is 1. The van der Waals surface area contributed by atoms with Crippen LogP contribution in [0.4, 0.5) is 0 Å². The van der Waals surface area contributed by atoms with Crippen LogP contribution in [0.15, 0.2) is 24.3 Å². The second-order valence-electron chi connectivity index (χ2n) is 4.69. The van der Waals surface area contributed by atoms with Crippen LogP contribution in [0.3, 0.4) is 0 Å². The van der Waals surface area contributed by atoms with E-state index in [9.17, 15) is 9.59 Å². The van der Waals surface area contributed by atoms with Crippen LogP contribution in [-0.4, -0.2) is 43.3 Å². The van der Waals surface area contributed by atoms with Crippen molar-refractivity contribution in [2.45, 2.75) is 18.6 Å². The molecule has 1 aliphatic heterocycles. The molecule has 1 aromatic carbocycles. The van der Waals surface area contributed by atoms with Crippen LogP contribution in [0, 0.1) is 0 Å². The summed E-state index contributed by atoms with van der Waals surface area (Å²) in [5, 5.41) is 14.7. The molecule has 0 radical (unpaired) electrons. The second-order valence-corrected chi connectivity index (χ2v) is 4.69. The largest absolute Gasteiger partial charge is 0.479 e. The van der Waals surface area contributed by atoms with E-state index < -0.39 is 12.1 Å². The fourth-order valence-electron chi connectivity index (χ4n) is 2.32. The van der Waals surface area contributed by atoms with E-state index in [1.807, 2.05) is 24.3 Å². The molecule has 0 aromatic heterocycles. The quantitative estimate of drug-likeness (QED) is 0.710. The number of hydrogen-bond donors (Lipinski definition) is 3. The van der Waals surface area contributed by atoms with E-state index in [-0.39, 0.29) is 18.4 Å². The first-order valence-electron chi connectivity index (χ1n) is 6.45. The molecule has 0 spiro atoms. The Kier molecular flexibility index (Phi) is 4.70. The summed E-state index contributed by atoms with van der Waals surface area (Å²) in [4.78, 5) is 23.0. The van der Waals surface area contributed by atoms with Gasteiger partial charge in [0.2, 0.25) is 5.91 Å². The van der Waals surface area contributed by atoms with Gasteiger partial charge in [0, 0.05) is 20.2 Å². The first-order chi connectivity index (χ1) is 9.63. The molecule has 6 heteroatoms. The number of carbonyl (C=O) groups excluding carboxylic acids is 1. The van der Waals surface area contributed by atoms with Crippen LogP contribution in [0.5, 0.6) is 0 Å². The Morgan fingerprint density at radius 1 is 1.50 bits per heavy atom. The number of benzene rings is 1. The molecule has 108 valence electrons. The van der Waals surface area contributed by atoms with Crippen molar-refractivity contribution in [1.29, 1.82) is 0 Å². The number of methoxy groups -OCH3 is 1. The molecular formula is C14H18N2O4. The van der Waals surface area contributed by atoms with Gasteiger partial charge in [0.15, 0.2) is 6.10 Å². The number of carboxylic acids is 1. The summed E-state index contributed by atoms with van der Waals surface area (Å²) < 4.78 is 4.79. The molecule has 20 heavy (non-hydrogen) atoms. The number of carboxylic acid groups (broad SMARTS) is 1. The highest BCUT2D eigenvalue weighted by atomic mass is 16.5. The van der Waals surface area contributed by atoms with Crippen molar-refractivity contribution in [2.75, 3.05) is 20.2 Å². The van der Waals surface area contributed by atoms with Crippen LogP contribution in [-0.2, 0) is 20.9 Å². The van der Waals surface area contributed by atoms with Gasteiger partial charge in [-0.25, -0.2) is 4.79 Å². The van der Waals surface area contributed by atoms with Crippen molar-refractivity contribution in [2.24, 2.45) is 0 Å². The predicted molar refractivity (Wildman–Crippen MR) is 72.3 cm³/mol. The molecule has 2 unspecified atom stereocenters. The Labute approximate surface area is 117 Å². The van der Waals surface area contributed by atoms with E-state index in [4.69, 9.17) is 9.84 Å². The fourth-order valence-corrected chi connectivity index (χ4v) is 2.32. The summed E-state index contributed by atoms with van der Waals surface area (Å²) in [5.41, 5.74) is 2.09. The van der Waals surface area contributed by atoms with Gasteiger partial charge in [-0.05, 0) is 11.1 Å². The van der Waals surface area contributed by atoms with Crippen molar-refractivity contribution in [3.05, 3.63) is 35.4 Å². The lowest BCUT2D eigenvalue weighted by Gasteiger charge is -2.26. The smallest absolute Gasteiger partial charge is 0.334 e. The molecule has 1 heterocycles. The summed E-state index contributed by atoms with van der Waals surface area (Å²) in [6.45, 7) is 1.26. The number of rotatable bonds is 5. The third-order valence-electron chi connectivity index (χ3n) is 3.43. The summed E-state index contributed by atoms with van der Waals surface area (Å²) in [6, 6.07) is 7.76. The first-order valence-corrected chi connectivity index (χ1v) is 6.45. The topological polar surface area (TPSA) is 87.7 Å². The normalized spacial score (nSPS) is 18.9. The molecule has 0 fully saturated rings. The van der Waals surface area contributed by atoms with E-state index in [2.05, 4.69) is 10.6 Å². The van der Waals surface area contributed by atoms with E-state index >= 15 is 0 Å². The highest BCUT2D eigenvalue weighted by Gasteiger charge is 2.27. The Hall–Kier alpha value is -1.92. The highest BCUT2D eigenvalue weighted by molar-refractivity contribution is 5.85. The third-order valence-corrected chi connectivity index (χ3v) is 3.43. The van der Waals surface area contributed by atoms with Gasteiger partial charge in [-0.1, -0.05) is 24.3 Å². The number of amides is 1. The molecule has 1 amide bonds. The van der Waals surface area contributed by atoms with Gasteiger partial charge >= 0.3 is 5.97 Å². The molecule has 0 aliphatic carbocycles. The Morgan fingerprint density at radius 2 is 2.25 bits per heavy atom. The third kappa shape index (κ3) is 3.15. The molecule has 0 bridgehead atoms. The van der Waals surface area contributed by atoms with Gasteiger partial charge in [-0.3, -0.25) is 4.79 Å². The minimum Gasteiger partial charge on any atom is -0.479 e. The van der Waals surface area contributed by atoms with Crippen LogP contribution in [0.1, 0.15) is 17.0 Å². The molecule has 6 nitrogen and oxygen atoms in total. The summed E-state index contributed by atoms with van der Waals surface area (Å²) >= 11 is 0. The molecule has 0 saturated carbocycles. The maximum atomic E-state index is 12.2. The van der Waals surface area contributed by atoms with E-state index in [0.717, 1.165) is 17.7 Å². The highest BCUT2D eigenvalue weighted by Crippen LogP contribution is 2.23. The van der Waals surface area contributed by atoms with Crippen molar-refractivity contribution < 1.29 is 19.4 Å². The number of aliphatic carboxylic acids is 1. The van der Waals surface area contributed by atoms with Gasteiger partial charge in [0.1, 0.15) is 0 Å². The zero-order valence-corrected chi connectivity index (χ0v) is 11.3. The minimum atomic E-state index is -1.09. The monoisotopic (exact) mass is 278 g/mol. The maximum Gasteiger partial charge on any atom is 0.334 e. The first kappa shape index (κ1) is 14.5. The number of nitrogens with one attached hydrogen (secondary N) is 2.